The second-order valence-electron chi connectivity index (χ2n) is 6.15. The number of benzene rings is 1. The van der Waals surface area contributed by atoms with Crippen LogP contribution in [0.15, 0.2) is 12.1 Å². The van der Waals surface area contributed by atoms with Crippen molar-refractivity contribution >= 4 is 24.9 Å². The molecule has 1 aromatic rings. The SMILES string of the molecule is CC(C)[Si](c1cc(F)c(Cl)c(F)c1)(C(C)C)C(C)C. The molecule has 108 valence electrons. The van der Waals surface area contributed by atoms with Gasteiger partial charge in [0.2, 0.25) is 0 Å². The average molecular weight is 305 g/mol. The van der Waals surface area contributed by atoms with Gasteiger partial charge in [0.25, 0.3) is 0 Å². The molecule has 0 amide bonds. The highest BCUT2D eigenvalue weighted by molar-refractivity contribution is 6.95. The zero-order valence-electron chi connectivity index (χ0n) is 12.5. The van der Waals surface area contributed by atoms with E-state index in [0.717, 1.165) is 5.19 Å². The first-order chi connectivity index (χ1) is 8.65. The molecule has 19 heavy (non-hydrogen) atoms. The van der Waals surface area contributed by atoms with Gasteiger partial charge >= 0.3 is 0 Å². The molecular formula is C15H23ClF2Si. The maximum atomic E-state index is 13.8. The Balaban J connectivity index is 3.58. The Morgan fingerprint density at radius 2 is 1.16 bits per heavy atom. The molecule has 0 aliphatic heterocycles. The molecule has 1 rings (SSSR count). The van der Waals surface area contributed by atoms with E-state index >= 15 is 0 Å². The third kappa shape index (κ3) is 2.73. The van der Waals surface area contributed by atoms with E-state index in [-0.39, 0.29) is 0 Å². The normalized spacial score (nSPS) is 12.8. The molecule has 0 aliphatic carbocycles. The summed E-state index contributed by atoms with van der Waals surface area (Å²) < 4.78 is 27.6. The Bertz CT molecular complexity index is 411. The van der Waals surface area contributed by atoms with E-state index in [1.807, 2.05) is 0 Å². The molecule has 1 aromatic carbocycles. The molecule has 4 heteroatoms. The number of halogens is 3. The van der Waals surface area contributed by atoms with Gasteiger partial charge in [0.05, 0.1) is 8.07 Å². The molecule has 0 radical (unpaired) electrons. The van der Waals surface area contributed by atoms with Crippen molar-refractivity contribution in [2.75, 3.05) is 0 Å². The van der Waals surface area contributed by atoms with Crippen molar-refractivity contribution < 1.29 is 8.78 Å². The van der Waals surface area contributed by atoms with Crippen LogP contribution in [0.1, 0.15) is 41.5 Å². The molecule has 0 spiro atoms. The molecule has 0 aliphatic rings. The first-order valence-corrected chi connectivity index (χ1v) is 9.41. The van der Waals surface area contributed by atoms with Gasteiger partial charge in [0.15, 0.2) is 0 Å². The lowest BCUT2D eigenvalue weighted by Gasteiger charge is -2.43. The van der Waals surface area contributed by atoms with Crippen LogP contribution in [0.5, 0.6) is 0 Å². The number of hydrogen-bond acceptors (Lipinski definition) is 0. The third-order valence-corrected chi connectivity index (χ3v) is 11.7. The molecule has 0 fully saturated rings. The van der Waals surface area contributed by atoms with E-state index in [4.69, 9.17) is 11.6 Å². The van der Waals surface area contributed by atoms with Crippen molar-refractivity contribution in [3.8, 4) is 0 Å². The summed E-state index contributed by atoms with van der Waals surface area (Å²) in [5.74, 6) is -1.29. The predicted molar refractivity (Wildman–Crippen MR) is 82.1 cm³/mol. The Morgan fingerprint density at radius 1 is 0.842 bits per heavy atom. The van der Waals surface area contributed by atoms with Crippen molar-refractivity contribution in [1.82, 2.24) is 0 Å². The topological polar surface area (TPSA) is 0 Å². The van der Waals surface area contributed by atoms with Crippen molar-refractivity contribution in [2.24, 2.45) is 0 Å². The Kier molecular flexibility index (Phi) is 5.19. The fraction of sp³-hybridized carbons (Fsp3) is 0.600. The maximum absolute atomic E-state index is 13.8. The summed E-state index contributed by atoms with van der Waals surface area (Å²) >= 11 is 5.60. The molecule has 0 aromatic heterocycles. The fourth-order valence-corrected chi connectivity index (χ4v) is 10.7. The highest BCUT2D eigenvalue weighted by Crippen LogP contribution is 2.41. The molecule has 0 nitrogen and oxygen atoms in total. The van der Waals surface area contributed by atoms with E-state index in [1.54, 1.807) is 0 Å². The predicted octanol–water partition coefficient (Wildman–Crippen LogP) is 5.50. The minimum atomic E-state index is -2.03. The zero-order valence-corrected chi connectivity index (χ0v) is 14.3. The molecule has 0 saturated heterocycles. The summed E-state index contributed by atoms with van der Waals surface area (Å²) in [4.78, 5) is 0. The fourth-order valence-electron chi connectivity index (χ4n) is 3.81. The van der Waals surface area contributed by atoms with Crippen molar-refractivity contribution in [2.45, 2.75) is 58.2 Å². The van der Waals surface area contributed by atoms with Gasteiger partial charge in [0.1, 0.15) is 16.7 Å². The summed E-state index contributed by atoms with van der Waals surface area (Å²) in [7, 11) is -2.03. The van der Waals surface area contributed by atoms with Crippen molar-refractivity contribution in [3.63, 3.8) is 0 Å². The van der Waals surface area contributed by atoms with Gasteiger partial charge in [-0.25, -0.2) is 8.78 Å². The minimum absolute atomic E-state index is 0.400. The van der Waals surface area contributed by atoms with E-state index in [1.165, 1.54) is 12.1 Å². The van der Waals surface area contributed by atoms with Gasteiger partial charge in [0, 0.05) is 0 Å². The first kappa shape index (κ1) is 16.6. The van der Waals surface area contributed by atoms with Crippen molar-refractivity contribution in [3.05, 3.63) is 28.8 Å². The van der Waals surface area contributed by atoms with Gasteiger partial charge in [-0.2, -0.15) is 0 Å². The summed E-state index contributed by atoms with van der Waals surface area (Å²) in [6.45, 7) is 13.0. The molecule has 0 bridgehead atoms. The number of rotatable bonds is 4. The van der Waals surface area contributed by atoms with Crippen LogP contribution in [-0.4, -0.2) is 8.07 Å². The smallest absolute Gasteiger partial charge is 0.144 e. The molecule has 0 saturated carbocycles. The van der Waals surface area contributed by atoms with Crippen LogP contribution >= 0.6 is 11.6 Å². The Morgan fingerprint density at radius 3 is 1.42 bits per heavy atom. The first-order valence-electron chi connectivity index (χ1n) is 6.80. The van der Waals surface area contributed by atoms with Gasteiger partial charge < -0.3 is 0 Å². The van der Waals surface area contributed by atoms with Gasteiger partial charge in [-0.15, -0.1) is 0 Å². The average Bonchev–Trinajstić information content (AvgIpc) is 2.24. The molecule has 0 N–H and O–H groups in total. The summed E-state index contributed by atoms with van der Waals surface area (Å²) in [5, 5.41) is 0.440. The van der Waals surface area contributed by atoms with Crippen LogP contribution in [-0.2, 0) is 0 Å². The number of hydrogen-bond donors (Lipinski definition) is 0. The molecule has 0 unspecified atom stereocenters. The highest BCUT2D eigenvalue weighted by Gasteiger charge is 2.44. The van der Waals surface area contributed by atoms with Crippen LogP contribution in [0.4, 0.5) is 8.78 Å². The maximum Gasteiger partial charge on any atom is 0.144 e. The zero-order chi connectivity index (χ0) is 15.0. The van der Waals surface area contributed by atoms with Gasteiger partial charge in [-0.3, -0.25) is 0 Å². The highest BCUT2D eigenvalue weighted by atomic mass is 35.5. The lowest BCUT2D eigenvalue weighted by atomic mass is 10.3. The summed E-state index contributed by atoms with van der Waals surface area (Å²) in [5.41, 5.74) is 1.23. The second-order valence-corrected chi connectivity index (χ2v) is 12.4. The quantitative estimate of drug-likeness (QED) is 0.508. The van der Waals surface area contributed by atoms with Gasteiger partial charge in [-0.05, 0) is 28.8 Å². The van der Waals surface area contributed by atoms with Crippen LogP contribution in [0.25, 0.3) is 0 Å². The molecule has 0 heterocycles. The third-order valence-electron chi connectivity index (χ3n) is 4.35. The summed E-state index contributed by atoms with van der Waals surface area (Å²) in [6, 6.07) is 2.91. The van der Waals surface area contributed by atoms with Gasteiger partial charge in [-0.1, -0.05) is 58.3 Å². The van der Waals surface area contributed by atoms with E-state index in [9.17, 15) is 8.78 Å². The second kappa shape index (κ2) is 5.92. The van der Waals surface area contributed by atoms with Crippen LogP contribution in [0, 0.1) is 11.6 Å². The monoisotopic (exact) mass is 304 g/mol. The van der Waals surface area contributed by atoms with E-state index < -0.39 is 24.7 Å². The largest absolute Gasteiger partial charge is 0.205 e. The van der Waals surface area contributed by atoms with E-state index in [0.29, 0.717) is 16.6 Å². The van der Waals surface area contributed by atoms with Crippen LogP contribution in [0.3, 0.4) is 0 Å². The lowest BCUT2D eigenvalue weighted by molar-refractivity contribution is 0.585. The molecular weight excluding hydrogens is 282 g/mol. The lowest BCUT2D eigenvalue weighted by Crippen LogP contribution is -2.55. The standard InChI is InChI=1S/C15H23ClF2Si/c1-9(2)19(10(3)4,11(5)6)12-7-13(17)15(16)14(18)8-12/h7-11H,1-6H3. The Labute approximate surface area is 121 Å². The van der Waals surface area contributed by atoms with Crippen LogP contribution < -0.4 is 5.19 Å². The minimum Gasteiger partial charge on any atom is -0.205 e. The summed E-state index contributed by atoms with van der Waals surface area (Å²) in [6.07, 6.45) is 0. The van der Waals surface area contributed by atoms with Crippen LogP contribution in [0.2, 0.25) is 21.6 Å². The van der Waals surface area contributed by atoms with E-state index in [2.05, 4.69) is 41.5 Å². The van der Waals surface area contributed by atoms with Crippen molar-refractivity contribution in [1.29, 1.82) is 0 Å². The Hall–Kier alpha value is -0.413. The molecule has 0 atom stereocenters.